The average molecular weight is 387 g/mol. The van der Waals surface area contributed by atoms with E-state index in [1.807, 2.05) is 11.8 Å². The van der Waals surface area contributed by atoms with Crippen LogP contribution in [0.25, 0.3) is 0 Å². The molecule has 1 heterocycles. The molecule has 1 aromatic rings. The molecule has 0 bridgehead atoms. The van der Waals surface area contributed by atoms with E-state index >= 15 is 0 Å². The third-order valence-electron chi connectivity index (χ3n) is 4.99. The Kier molecular flexibility index (Phi) is 8.04. The molecule has 1 fully saturated rings. The summed E-state index contributed by atoms with van der Waals surface area (Å²) in [5, 5.41) is 5.65. The summed E-state index contributed by atoms with van der Waals surface area (Å²) < 4.78 is 5.16. The molecule has 2 N–H and O–H groups in total. The van der Waals surface area contributed by atoms with Gasteiger partial charge in [-0.15, -0.1) is 6.58 Å². The Morgan fingerprint density at radius 1 is 1.32 bits per heavy atom. The normalized spacial score (nSPS) is 15.4. The predicted octanol–water partition coefficient (Wildman–Crippen LogP) is 1.74. The minimum atomic E-state index is -0.669. The number of piperidine rings is 1. The number of nitrogens with zero attached hydrogens (tertiary/aromatic N) is 1. The van der Waals surface area contributed by atoms with Crippen LogP contribution in [-0.4, -0.2) is 55.4 Å². The minimum Gasteiger partial charge on any atom is -0.497 e. The van der Waals surface area contributed by atoms with Gasteiger partial charge in [0.25, 0.3) is 5.91 Å². The number of nitrogens with one attached hydrogen (secondary N) is 2. The van der Waals surface area contributed by atoms with Crippen molar-refractivity contribution >= 4 is 17.7 Å². The number of amides is 3. The van der Waals surface area contributed by atoms with Crippen molar-refractivity contribution in [3.05, 3.63) is 42.5 Å². The second-order valence-electron chi connectivity index (χ2n) is 6.79. The van der Waals surface area contributed by atoms with Crippen LogP contribution < -0.4 is 15.4 Å². The quantitative estimate of drug-likeness (QED) is 0.665. The lowest BCUT2D eigenvalue weighted by Crippen LogP contribution is -2.53. The van der Waals surface area contributed by atoms with Crippen LogP contribution in [-0.2, 0) is 9.59 Å². The van der Waals surface area contributed by atoms with Crippen molar-refractivity contribution in [1.29, 1.82) is 0 Å². The second-order valence-corrected chi connectivity index (χ2v) is 6.79. The van der Waals surface area contributed by atoms with Crippen LogP contribution in [0.3, 0.4) is 0 Å². The lowest BCUT2D eigenvalue weighted by Gasteiger charge is -2.35. The zero-order chi connectivity index (χ0) is 20.5. The average Bonchev–Trinajstić information content (AvgIpc) is 2.75. The molecular formula is C21H29N3O4. The number of hydrogen-bond acceptors (Lipinski definition) is 4. The largest absolute Gasteiger partial charge is 0.497 e. The van der Waals surface area contributed by atoms with Crippen molar-refractivity contribution in [2.75, 3.05) is 26.7 Å². The molecule has 1 aliphatic rings. The number of benzene rings is 1. The Bertz CT molecular complexity index is 711. The van der Waals surface area contributed by atoms with E-state index in [1.165, 1.54) is 7.11 Å². The highest BCUT2D eigenvalue weighted by Gasteiger charge is 2.33. The third kappa shape index (κ3) is 5.58. The first kappa shape index (κ1) is 21.5. The Morgan fingerprint density at radius 2 is 2.04 bits per heavy atom. The number of carbonyl (C=O) groups excluding carboxylic acids is 3. The Labute approximate surface area is 166 Å². The topological polar surface area (TPSA) is 87.7 Å². The highest BCUT2D eigenvalue weighted by molar-refractivity contribution is 5.98. The minimum absolute atomic E-state index is 0.0414. The van der Waals surface area contributed by atoms with Gasteiger partial charge in [0.15, 0.2) is 0 Å². The van der Waals surface area contributed by atoms with Crippen LogP contribution in [0.2, 0.25) is 0 Å². The SMILES string of the molecule is C=CCNC(=O)C(NC(=O)c1cccc(OC)c1)C1CCN(C(=O)CC)CC1. The van der Waals surface area contributed by atoms with E-state index < -0.39 is 6.04 Å². The molecule has 1 saturated heterocycles. The zero-order valence-corrected chi connectivity index (χ0v) is 16.6. The Hall–Kier alpha value is -2.83. The summed E-state index contributed by atoms with van der Waals surface area (Å²) in [6.07, 6.45) is 3.40. The smallest absolute Gasteiger partial charge is 0.252 e. The molecule has 1 unspecified atom stereocenters. The van der Waals surface area contributed by atoms with Crippen LogP contribution in [0.1, 0.15) is 36.5 Å². The second kappa shape index (κ2) is 10.5. The summed E-state index contributed by atoms with van der Waals surface area (Å²) in [5.41, 5.74) is 0.430. The molecule has 0 spiro atoms. The van der Waals surface area contributed by atoms with Crippen molar-refractivity contribution in [2.24, 2.45) is 5.92 Å². The zero-order valence-electron chi connectivity index (χ0n) is 16.6. The number of likely N-dealkylation sites (tertiary alicyclic amines) is 1. The highest BCUT2D eigenvalue weighted by atomic mass is 16.5. The molecular weight excluding hydrogens is 358 g/mol. The van der Waals surface area contributed by atoms with Crippen LogP contribution in [0.15, 0.2) is 36.9 Å². The van der Waals surface area contributed by atoms with E-state index in [2.05, 4.69) is 17.2 Å². The summed E-state index contributed by atoms with van der Waals surface area (Å²) in [5.74, 6) is 0.0830. The van der Waals surface area contributed by atoms with Gasteiger partial charge in [-0.3, -0.25) is 14.4 Å². The van der Waals surface area contributed by atoms with Crippen molar-refractivity contribution in [1.82, 2.24) is 15.5 Å². The van der Waals surface area contributed by atoms with Crippen LogP contribution >= 0.6 is 0 Å². The first-order chi connectivity index (χ1) is 13.5. The van der Waals surface area contributed by atoms with Gasteiger partial charge in [-0.2, -0.15) is 0 Å². The van der Waals surface area contributed by atoms with Gasteiger partial charge in [-0.1, -0.05) is 19.1 Å². The lowest BCUT2D eigenvalue weighted by molar-refractivity contribution is -0.132. The summed E-state index contributed by atoms with van der Waals surface area (Å²) in [6.45, 7) is 6.97. The molecule has 1 atom stereocenters. The molecule has 1 aromatic carbocycles. The van der Waals surface area contributed by atoms with Crippen molar-refractivity contribution in [3.63, 3.8) is 0 Å². The van der Waals surface area contributed by atoms with Gasteiger partial charge in [0.2, 0.25) is 11.8 Å². The maximum atomic E-state index is 12.7. The summed E-state index contributed by atoms with van der Waals surface area (Å²) in [7, 11) is 1.54. The van der Waals surface area contributed by atoms with E-state index in [0.29, 0.717) is 50.2 Å². The van der Waals surface area contributed by atoms with Crippen LogP contribution in [0.5, 0.6) is 5.75 Å². The first-order valence-electron chi connectivity index (χ1n) is 9.61. The number of hydrogen-bond donors (Lipinski definition) is 2. The Morgan fingerprint density at radius 3 is 2.64 bits per heavy atom. The molecule has 152 valence electrons. The maximum absolute atomic E-state index is 12.7. The molecule has 1 aliphatic heterocycles. The molecule has 0 saturated carbocycles. The molecule has 3 amide bonds. The third-order valence-corrected chi connectivity index (χ3v) is 4.99. The molecule has 2 rings (SSSR count). The summed E-state index contributed by atoms with van der Waals surface area (Å²) in [6, 6.07) is 6.13. The van der Waals surface area contributed by atoms with Crippen LogP contribution in [0.4, 0.5) is 0 Å². The first-order valence-corrected chi connectivity index (χ1v) is 9.61. The fourth-order valence-electron chi connectivity index (χ4n) is 3.37. The van der Waals surface area contributed by atoms with Gasteiger partial charge in [0.1, 0.15) is 11.8 Å². The maximum Gasteiger partial charge on any atom is 0.252 e. The van der Waals surface area contributed by atoms with Gasteiger partial charge in [-0.25, -0.2) is 0 Å². The van der Waals surface area contributed by atoms with Crippen molar-refractivity contribution in [2.45, 2.75) is 32.2 Å². The van der Waals surface area contributed by atoms with E-state index in [1.54, 1.807) is 30.3 Å². The molecule has 0 radical (unpaired) electrons. The lowest BCUT2D eigenvalue weighted by atomic mass is 9.88. The van der Waals surface area contributed by atoms with Gasteiger partial charge in [0.05, 0.1) is 7.11 Å². The molecule has 7 nitrogen and oxygen atoms in total. The number of rotatable bonds is 8. The van der Waals surface area contributed by atoms with Gasteiger partial charge < -0.3 is 20.3 Å². The van der Waals surface area contributed by atoms with E-state index in [4.69, 9.17) is 4.74 Å². The van der Waals surface area contributed by atoms with Gasteiger partial charge in [-0.05, 0) is 37.0 Å². The Balaban J connectivity index is 2.11. The molecule has 0 aromatic heterocycles. The van der Waals surface area contributed by atoms with Gasteiger partial charge >= 0.3 is 0 Å². The predicted molar refractivity (Wildman–Crippen MR) is 107 cm³/mol. The summed E-state index contributed by atoms with van der Waals surface area (Å²) in [4.78, 5) is 39.1. The van der Waals surface area contributed by atoms with Crippen LogP contribution in [0, 0.1) is 5.92 Å². The summed E-state index contributed by atoms with van der Waals surface area (Å²) >= 11 is 0. The standard InChI is InChI=1S/C21H29N3O4/c1-4-11-22-21(27)19(15-9-12-24(13-10-15)18(25)5-2)23-20(26)16-7-6-8-17(14-16)28-3/h4,6-8,14-15,19H,1,5,9-13H2,2-3H3,(H,22,27)(H,23,26). The van der Waals surface area contributed by atoms with Crippen molar-refractivity contribution < 1.29 is 19.1 Å². The van der Waals surface area contributed by atoms with Crippen molar-refractivity contribution in [3.8, 4) is 5.75 Å². The highest BCUT2D eigenvalue weighted by Crippen LogP contribution is 2.22. The van der Waals surface area contributed by atoms with Gasteiger partial charge in [0, 0.05) is 31.6 Å². The van der Waals surface area contributed by atoms with E-state index in [9.17, 15) is 14.4 Å². The number of ether oxygens (including phenoxy) is 1. The monoisotopic (exact) mass is 387 g/mol. The number of methoxy groups -OCH3 is 1. The molecule has 7 heteroatoms. The number of carbonyl (C=O) groups is 3. The molecule has 0 aliphatic carbocycles. The van der Waals surface area contributed by atoms with E-state index in [0.717, 1.165) is 0 Å². The van der Waals surface area contributed by atoms with E-state index in [-0.39, 0.29) is 23.6 Å². The fourth-order valence-corrected chi connectivity index (χ4v) is 3.37. The fraction of sp³-hybridized carbons (Fsp3) is 0.476. The molecule has 28 heavy (non-hydrogen) atoms.